The molecule has 3 aliphatic rings. The summed E-state index contributed by atoms with van der Waals surface area (Å²) in [5.74, 6) is 1.28. The predicted molar refractivity (Wildman–Crippen MR) is 112 cm³/mol. The van der Waals surface area contributed by atoms with E-state index in [1.165, 1.54) is 26.0 Å². The lowest BCUT2D eigenvalue weighted by Gasteiger charge is -2.40. The second-order valence-corrected chi connectivity index (χ2v) is 8.24. The van der Waals surface area contributed by atoms with Crippen LogP contribution in [0.3, 0.4) is 0 Å². The quantitative estimate of drug-likeness (QED) is 0.609. The smallest absolute Gasteiger partial charge is 0.290 e. The van der Waals surface area contributed by atoms with Crippen molar-refractivity contribution in [3.8, 4) is 5.75 Å². The number of halogens is 1. The molecule has 0 unspecified atom stereocenters. The van der Waals surface area contributed by atoms with Crippen LogP contribution in [0.1, 0.15) is 31.2 Å². The van der Waals surface area contributed by atoms with Gasteiger partial charge in [-0.15, -0.1) is 0 Å². The van der Waals surface area contributed by atoms with E-state index in [1.54, 1.807) is 6.07 Å². The molecule has 4 atom stereocenters. The van der Waals surface area contributed by atoms with Gasteiger partial charge in [0.2, 0.25) is 0 Å². The Kier molecular flexibility index (Phi) is 10.2. The summed E-state index contributed by atoms with van der Waals surface area (Å²) < 4.78 is 18.7. The van der Waals surface area contributed by atoms with E-state index < -0.39 is 0 Å². The lowest BCUT2D eigenvalue weighted by Crippen LogP contribution is -2.48. The second-order valence-electron chi connectivity index (χ2n) is 8.24. The molecular weight excluding hydrogens is 407 g/mol. The third-order valence-corrected chi connectivity index (χ3v) is 6.42. The zero-order valence-corrected chi connectivity index (χ0v) is 17.9. The number of nitrogens with zero attached hydrogens (tertiary/aromatic N) is 2. The van der Waals surface area contributed by atoms with Crippen molar-refractivity contribution in [1.29, 1.82) is 0 Å². The molecule has 1 aromatic rings. The highest BCUT2D eigenvalue weighted by Crippen LogP contribution is 2.39. The average Bonchev–Trinajstić information content (AvgIpc) is 3.39. The summed E-state index contributed by atoms with van der Waals surface area (Å²) in [5, 5.41) is 24.4. The Balaban J connectivity index is 0.000000513. The van der Waals surface area contributed by atoms with Crippen LogP contribution in [0.5, 0.6) is 5.75 Å². The highest BCUT2D eigenvalue weighted by atomic mass is 19.1. The number of hydrogen-bond donors (Lipinski definition) is 3. The van der Waals surface area contributed by atoms with Crippen LogP contribution in [0.4, 0.5) is 4.39 Å². The number of fused-ring (bicyclic) bond motifs is 1. The van der Waals surface area contributed by atoms with E-state index in [9.17, 15) is 9.50 Å². The van der Waals surface area contributed by atoms with E-state index in [1.807, 2.05) is 6.07 Å². The van der Waals surface area contributed by atoms with Crippen molar-refractivity contribution in [3.63, 3.8) is 0 Å². The van der Waals surface area contributed by atoms with Crippen LogP contribution in [-0.2, 0) is 16.1 Å². The maximum absolute atomic E-state index is 13.6. The van der Waals surface area contributed by atoms with Crippen molar-refractivity contribution >= 4 is 12.9 Å². The molecule has 3 N–H and O–H groups in total. The number of aliphatic hydroxyl groups is 1. The maximum Gasteiger partial charge on any atom is 0.290 e. The molecule has 0 bridgehead atoms. The number of carbonyl (C=O) groups is 2. The van der Waals surface area contributed by atoms with Gasteiger partial charge in [-0.3, -0.25) is 19.4 Å². The van der Waals surface area contributed by atoms with Gasteiger partial charge in [-0.05, 0) is 68.3 Å². The molecule has 2 aliphatic heterocycles. The van der Waals surface area contributed by atoms with Gasteiger partial charge in [-0.1, -0.05) is 6.07 Å². The minimum atomic E-state index is -0.307. The van der Waals surface area contributed by atoms with Gasteiger partial charge in [-0.25, -0.2) is 4.39 Å². The average molecular weight is 441 g/mol. The van der Waals surface area contributed by atoms with E-state index in [0.717, 1.165) is 51.1 Å². The van der Waals surface area contributed by atoms with Crippen molar-refractivity contribution in [2.45, 2.75) is 44.4 Å². The minimum Gasteiger partial charge on any atom is -0.494 e. The van der Waals surface area contributed by atoms with Gasteiger partial charge >= 0.3 is 0 Å². The minimum absolute atomic E-state index is 0.176. The van der Waals surface area contributed by atoms with Gasteiger partial charge in [0.1, 0.15) is 0 Å². The molecule has 2 saturated heterocycles. The van der Waals surface area contributed by atoms with Crippen molar-refractivity contribution in [2.24, 2.45) is 11.8 Å². The summed E-state index contributed by atoms with van der Waals surface area (Å²) in [7, 11) is 1.51. The summed E-state index contributed by atoms with van der Waals surface area (Å²) in [6.07, 6.45) is 4.42. The fourth-order valence-electron chi connectivity index (χ4n) is 5.16. The molecule has 0 spiro atoms. The van der Waals surface area contributed by atoms with Gasteiger partial charge < -0.3 is 20.1 Å². The molecule has 0 amide bonds. The molecule has 3 fully saturated rings. The standard InChI is InChI=1S/C20H29FN2O2.2CH2O2/c1-25-20-8-14(4-5-17(20)21)11-22-12-15-9-18(23-6-2-3-7-23)19(24)10-16(15)13-22;2*2-1-3/h4-5,8,15-16,18-19,24H,2-3,6-7,9-13H2,1H3;2*1H,(H,2,3)/t15-,16+,18-,19-;;/m1../s1. The number of benzene rings is 1. The van der Waals surface area contributed by atoms with E-state index in [2.05, 4.69) is 9.80 Å². The number of methoxy groups -OCH3 is 1. The first-order valence-corrected chi connectivity index (χ1v) is 10.6. The molecule has 1 aliphatic carbocycles. The van der Waals surface area contributed by atoms with E-state index >= 15 is 0 Å². The maximum atomic E-state index is 13.6. The molecule has 2 heterocycles. The largest absolute Gasteiger partial charge is 0.494 e. The summed E-state index contributed by atoms with van der Waals surface area (Å²) in [6.45, 7) is 4.75. The predicted octanol–water partition coefficient (Wildman–Crippen LogP) is 1.90. The molecular formula is C22H33FN2O6. The normalized spacial score (nSPS) is 27.8. The van der Waals surface area contributed by atoms with Crippen LogP contribution < -0.4 is 4.74 Å². The molecule has 0 radical (unpaired) electrons. The highest BCUT2D eigenvalue weighted by molar-refractivity contribution is 5.33. The topological polar surface area (TPSA) is 111 Å². The third-order valence-electron chi connectivity index (χ3n) is 6.42. The van der Waals surface area contributed by atoms with Gasteiger partial charge in [0.25, 0.3) is 12.9 Å². The lowest BCUT2D eigenvalue weighted by molar-refractivity contribution is -0.123. The van der Waals surface area contributed by atoms with Crippen molar-refractivity contribution in [1.82, 2.24) is 9.80 Å². The fourth-order valence-corrected chi connectivity index (χ4v) is 5.16. The van der Waals surface area contributed by atoms with Crippen LogP contribution in [-0.4, -0.2) is 83.5 Å². The number of hydrogen-bond acceptors (Lipinski definition) is 6. The first-order chi connectivity index (χ1) is 15.0. The summed E-state index contributed by atoms with van der Waals surface area (Å²) in [4.78, 5) is 21.7. The Bertz CT molecular complexity index is 695. The molecule has 31 heavy (non-hydrogen) atoms. The molecule has 9 heteroatoms. The number of ether oxygens (including phenoxy) is 1. The summed E-state index contributed by atoms with van der Waals surface area (Å²) >= 11 is 0. The van der Waals surface area contributed by atoms with E-state index in [4.69, 9.17) is 24.5 Å². The Labute approximate surface area is 182 Å². The molecule has 1 saturated carbocycles. The van der Waals surface area contributed by atoms with Crippen molar-refractivity contribution < 1.29 is 34.0 Å². The summed E-state index contributed by atoms with van der Waals surface area (Å²) in [6, 6.07) is 5.50. The van der Waals surface area contributed by atoms with Gasteiger partial charge in [0, 0.05) is 25.7 Å². The lowest BCUT2D eigenvalue weighted by atomic mass is 9.77. The zero-order valence-electron chi connectivity index (χ0n) is 17.9. The molecule has 0 aromatic heterocycles. The molecule has 174 valence electrons. The first kappa shape index (κ1) is 25.0. The highest BCUT2D eigenvalue weighted by Gasteiger charge is 2.43. The van der Waals surface area contributed by atoms with Crippen LogP contribution in [0.2, 0.25) is 0 Å². The van der Waals surface area contributed by atoms with Crippen LogP contribution in [0.25, 0.3) is 0 Å². The van der Waals surface area contributed by atoms with Crippen molar-refractivity contribution in [3.05, 3.63) is 29.6 Å². The Hall–Kier alpha value is -2.23. The van der Waals surface area contributed by atoms with Crippen LogP contribution in [0, 0.1) is 17.7 Å². The van der Waals surface area contributed by atoms with Gasteiger partial charge in [0.15, 0.2) is 11.6 Å². The second kappa shape index (κ2) is 12.6. The van der Waals surface area contributed by atoms with Gasteiger partial charge in [-0.2, -0.15) is 0 Å². The SMILES string of the molecule is COc1cc(CN2C[C@H]3C[C@@H](N4CCCC4)[C@H](O)C[C@H]3C2)ccc1F.O=CO.O=CO. The molecule has 8 nitrogen and oxygen atoms in total. The number of carboxylic acid groups (broad SMARTS) is 2. The number of likely N-dealkylation sites (tertiary alicyclic amines) is 2. The fraction of sp³-hybridized carbons (Fsp3) is 0.636. The molecule has 4 rings (SSSR count). The van der Waals surface area contributed by atoms with E-state index in [-0.39, 0.29) is 24.9 Å². The Morgan fingerprint density at radius 3 is 2.26 bits per heavy atom. The Morgan fingerprint density at radius 1 is 1.10 bits per heavy atom. The first-order valence-electron chi connectivity index (χ1n) is 10.6. The summed E-state index contributed by atoms with van der Waals surface area (Å²) in [5.41, 5.74) is 1.09. The zero-order chi connectivity index (χ0) is 22.8. The van der Waals surface area contributed by atoms with Gasteiger partial charge in [0.05, 0.1) is 13.2 Å². The number of rotatable bonds is 4. The van der Waals surface area contributed by atoms with Crippen LogP contribution in [0.15, 0.2) is 18.2 Å². The third kappa shape index (κ3) is 6.88. The monoisotopic (exact) mass is 440 g/mol. The van der Waals surface area contributed by atoms with Crippen LogP contribution >= 0.6 is 0 Å². The molecule has 1 aromatic carbocycles. The number of aliphatic hydroxyl groups excluding tert-OH is 1. The van der Waals surface area contributed by atoms with Crippen molar-refractivity contribution in [2.75, 3.05) is 33.3 Å². The van der Waals surface area contributed by atoms with E-state index in [0.29, 0.717) is 23.6 Å². The Morgan fingerprint density at radius 2 is 1.68 bits per heavy atom.